The van der Waals surface area contributed by atoms with Gasteiger partial charge in [0.15, 0.2) is 0 Å². The fourth-order valence-electron chi connectivity index (χ4n) is 2.78. The van der Waals surface area contributed by atoms with Crippen LogP contribution in [0.4, 0.5) is 10.6 Å². The summed E-state index contributed by atoms with van der Waals surface area (Å²) in [7, 11) is 3.71. The van der Waals surface area contributed by atoms with Crippen molar-refractivity contribution in [3.63, 3.8) is 0 Å². The number of carbonyl (C=O) groups is 1. The molecule has 1 amide bonds. The Kier molecular flexibility index (Phi) is 6.67. The number of aromatic amines is 1. The van der Waals surface area contributed by atoms with Crippen LogP contribution in [0.1, 0.15) is 32.7 Å². The van der Waals surface area contributed by atoms with Gasteiger partial charge in [-0.1, -0.05) is 0 Å². The molecule has 1 N–H and O–H groups in total. The number of piperidine rings is 1. The van der Waals surface area contributed by atoms with Crippen LogP contribution in [0.3, 0.4) is 0 Å². The van der Waals surface area contributed by atoms with Gasteiger partial charge in [0.1, 0.15) is 0 Å². The molecule has 0 aromatic carbocycles. The quantitative estimate of drug-likeness (QED) is 0.443. The summed E-state index contributed by atoms with van der Waals surface area (Å²) in [6, 6.07) is 1.24. The Bertz CT molecular complexity index is 690. The SMILES string of the molecule is CC(C)OC(=O)N1CCC(n2c(=O)cc(N(C)[N](C)[Hg])[nH]c2=O)CC1. The van der Waals surface area contributed by atoms with E-state index in [2.05, 4.69) is 4.98 Å². The van der Waals surface area contributed by atoms with Gasteiger partial charge in [0, 0.05) is 0 Å². The first-order valence-corrected chi connectivity index (χ1v) is 10.8. The minimum absolute atomic E-state index is 0.166. The molecule has 2 rings (SSSR count). The van der Waals surface area contributed by atoms with Crippen molar-refractivity contribution in [3.05, 3.63) is 26.9 Å². The van der Waals surface area contributed by atoms with E-state index in [-0.39, 0.29) is 23.8 Å². The van der Waals surface area contributed by atoms with Crippen molar-refractivity contribution in [2.45, 2.75) is 38.8 Å². The van der Waals surface area contributed by atoms with Crippen molar-refractivity contribution in [1.82, 2.24) is 17.2 Å². The molecule has 1 fully saturated rings. The second-order valence-electron chi connectivity index (χ2n) is 6.50. The van der Waals surface area contributed by atoms with Crippen LogP contribution < -0.4 is 16.3 Å². The molecule has 1 aromatic heterocycles. The van der Waals surface area contributed by atoms with Gasteiger partial charge in [-0.15, -0.1) is 0 Å². The molecule has 0 atom stereocenters. The maximum atomic E-state index is 12.5. The van der Waals surface area contributed by atoms with Crippen LogP contribution >= 0.6 is 0 Å². The van der Waals surface area contributed by atoms with Crippen LogP contribution in [0.15, 0.2) is 15.7 Å². The van der Waals surface area contributed by atoms with Crippen LogP contribution in [0, 0.1) is 0 Å². The van der Waals surface area contributed by atoms with Crippen molar-refractivity contribution in [1.29, 1.82) is 0 Å². The van der Waals surface area contributed by atoms with Gasteiger partial charge in [0.25, 0.3) is 0 Å². The van der Waals surface area contributed by atoms with E-state index in [4.69, 9.17) is 4.74 Å². The number of ether oxygens (including phenoxy) is 1. The van der Waals surface area contributed by atoms with Crippen LogP contribution in [0.5, 0.6) is 0 Å². The number of nitrogens with one attached hydrogen (secondary N) is 1. The van der Waals surface area contributed by atoms with E-state index in [1.807, 2.05) is 9.82 Å². The first-order chi connectivity index (χ1) is 11.7. The van der Waals surface area contributed by atoms with Crippen molar-refractivity contribution >= 4 is 11.9 Å². The molecule has 0 radical (unpaired) electrons. The van der Waals surface area contributed by atoms with Crippen molar-refractivity contribution in [2.75, 3.05) is 32.2 Å². The predicted molar refractivity (Wildman–Crippen MR) is 88.9 cm³/mol. The first kappa shape index (κ1) is 20.0. The number of H-pyrrole nitrogens is 1. The third-order valence-electron chi connectivity index (χ3n) is 4.24. The molecule has 0 spiro atoms. The predicted octanol–water partition coefficient (Wildman–Crippen LogP) is 0.463. The van der Waals surface area contributed by atoms with Crippen LogP contribution in [-0.2, 0) is 31.2 Å². The number of nitrogens with zero attached hydrogens (tertiary/aromatic N) is 4. The number of hydrazine groups is 1. The molecule has 1 aliphatic rings. The summed E-state index contributed by atoms with van der Waals surface area (Å²) in [5, 5.41) is 1.76. The Balaban J connectivity index is 2.13. The summed E-state index contributed by atoms with van der Waals surface area (Å²) in [5.74, 6) is 0.488. The summed E-state index contributed by atoms with van der Waals surface area (Å²) < 4.78 is 8.40. The molecular formula is C15H24HgN5O4. The zero-order chi connectivity index (χ0) is 18.7. The second-order valence-corrected chi connectivity index (χ2v) is 10.1. The topological polar surface area (TPSA) is 90.9 Å². The van der Waals surface area contributed by atoms with E-state index in [0.29, 0.717) is 58.2 Å². The molecule has 0 unspecified atom stereocenters. The molecule has 0 saturated carbocycles. The van der Waals surface area contributed by atoms with Gasteiger partial charge < -0.3 is 0 Å². The number of hydrogen-bond acceptors (Lipinski definition) is 6. The average molecular weight is 539 g/mol. The summed E-state index contributed by atoms with van der Waals surface area (Å²) in [6.45, 7) is 4.55. The molecule has 135 valence electrons. The van der Waals surface area contributed by atoms with Crippen molar-refractivity contribution in [2.24, 2.45) is 0 Å². The molecule has 1 aliphatic heterocycles. The molecule has 2 heterocycles. The molecule has 0 bridgehead atoms. The normalized spacial score (nSPS) is 15.8. The minimum atomic E-state index is -0.409. The third kappa shape index (κ3) is 4.84. The zero-order valence-electron chi connectivity index (χ0n) is 15.2. The van der Waals surface area contributed by atoms with Crippen LogP contribution in [-0.4, -0.2) is 56.6 Å². The van der Waals surface area contributed by atoms with Gasteiger partial charge >= 0.3 is 143 Å². The van der Waals surface area contributed by atoms with Crippen molar-refractivity contribution in [3.8, 4) is 0 Å². The number of hydrogen-bond donors (Lipinski definition) is 1. The molecular weight excluding hydrogens is 515 g/mol. The zero-order valence-corrected chi connectivity index (χ0v) is 20.7. The van der Waals surface area contributed by atoms with Crippen LogP contribution in [0.25, 0.3) is 0 Å². The Hall–Kier alpha value is -1.35. The van der Waals surface area contributed by atoms with Gasteiger partial charge in [0.05, 0.1) is 6.10 Å². The second kappa shape index (κ2) is 8.35. The Morgan fingerprint density at radius 3 is 2.40 bits per heavy atom. The van der Waals surface area contributed by atoms with E-state index in [9.17, 15) is 14.4 Å². The summed E-state index contributed by atoms with van der Waals surface area (Å²) in [6.07, 6.45) is 0.591. The summed E-state index contributed by atoms with van der Waals surface area (Å²) >= 11 is 0.341. The van der Waals surface area contributed by atoms with E-state index < -0.39 is 5.69 Å². The van der Waals surface area contributed by atoms with Gasteiger partial charge in [-0.3, -0.25) is 0 Å². The standard InChI is InChI=1S/C15H24N5O4.Hg/c1-10(2)24-15(23)19-7-5-11(6-8-19)20-13(21)9-12(17-14(20)22)18(4)16-3;/h9-11H,5-8H2,1-4H3,(H,17,22);/q-1;+1. The number of amides is 1. The summed E-state index contributed by atoms with van der Waals surface area (Å²) in [5.41, 5.74) is -0.725. The van der Waals surface area contributed by atoms with E-state index in [1.165, 1.54) is 10.6 Å². The van der Waals surface area contributed by atoms with Gasteiger partial charge in [-0.2, -0.15) is 0 Å². The Morgan fingerprint density at radius 1 is 1.32 bits per heavy atom. The molecule has 1 aromatic rings. The summed E-state index contributed by atoms with van der Waals surface area (Å²) in [4.78, 5) is 41.2. The number of carbonyl (C=O) groups excluding carboxylic acids is 1. The van der Waals surface area contributed by atoms with Gasteiger partial charge in [0.2, 0.25) is 0 Å². The van der Waals surface area contributed by atoms with Gasteiger partial charge in [-0.25, -0.2) is 0 Å². The number of aromatic nitrogens is 2. The number of likely N-dealkylation sites (tertiary alicyclic amines) is 1. The number of rotatable bonds is 4. The third-order valence-corrected chi connectivity index (χ3v) is 5.89. The van der Waals surface area contributed by atoms with E-state index >= 15 is 0 Å². The number of anilines is 1. The maximum absolute atomic E-state index is 12.5. The Labute approximate surface area is 162 Å². The average Bonchev–Trinajstić information content (AvgIpc) is 2.53. The molecule has 25 heavy (non-hydrogen) atoms. The van der Waals surface area contributed by atoms with E-state index in [0.717, 1.165) is 0 Å². The fraction of sp³-hybridized carbons (Fsp3) is 0.667. The molecule has 9 nitrogen and oxygen atoms in total. The molecule has 10 heteroatoms. The van der Waals surface area contributed by atoms with Crippen molar-refractivity contribution < 1.29 is 36.0 Å². The van der Waals surface area contributed by atoms with Gasteiger partial charge in [-0.05, 0) is 13.8 Å². The first-order valence-electron chi connectivity index (χ1n) is 8.30. The Morgan fingerprint density at radius 2 is 1.92 bits per heavy atom. The van der Waals surface area contributed by atoms with E-state index in [1.54, 1.807) is 30.8 Å². The molecule has 1 saturated heterocycles. The van der Waals surface area contributed by atoms with Crippen LogP contribution in [0.2, 0.25) is 0 Å². The monoisotopic (exact) mass is 540 g/mol. The molecule has 0 aliphatic carbocycles. The fourth-order valence-corrected chi connectivity index (χ4v) is 3.37.